The van der Waals surface area contributed by atoms with Crippen LogP contribution in [0.5, 0.6) is 5.19 Å². The summed E-state index contributed by atoms with van der Waals surface area (Å²) >= 11 is 4.91. The molecule has 5 nitrogen and oxygen atoms in total. The monoisotopic (exact) mass is 480 g/mol. The minimum atomic E-state index is -3.46. The van der Waals surface area contributed by atoms with Crippen LogP contribution in [0.3, 0.4) is 0 Å². The van der Waals surface area contributed by atoms with Crippen LogP contribution in [0.15, 0.2) is 45.8 Å². The van der Waals surface area contributed by atoms with Crippen LogP contribution in [-0.4, -0.2) is 36.9 Å². The highest BCUT2D eigenvalue weighted by atomic mass is 79.9. The lowest BCUT2D eigenvalue weighted by Crippen LogP contribution is -2.41. The third kappa shape index (κ3) is 3.83. The van der Waals surface area contributed by atoms with Crippen molar-refractivity contribution in [1.29, 1.82) is 0 Å². The number of nitrogens with zero attached hydrogens (tertiary/aromatic N) is 2. The fourth-order valence-electron chi connectivity index (χ4n) is 3.38. The van der Waals surface area contributed by atoms with Crippen molar-refractivity contribution in [3.8, 4) is 5.19 Å². The largest absolute Gasteiger partial charge is 0.467 e. The molecule has 1 fully saturated rings. The predicted molar refractivity (Wildman–Crippen MR) is 116 cm³/mol. The number of hydrogen-bond acceptors (Lipinski definition) is 5. The minimum Gasteiger partial charge on any atom is -0.467 e. The number of thiazole rings is 1. The molecule has 0 radical (unpaired) electrons. The van der Waals surface area contributed by atoms with Crippen molar-refractivity contribution >= 4 is 47.5 Å². The van der Waals surface area contributed by atoms with Crippen LogP contribution in [0, 0.1) is 13.8 Å². The SMILES string of the molecule is Cc1ccc(C)c2sc(OC3CCN(S(=O)(=O)c4ccc(Br)cc4)CC3)nc12. The third-order valence-electron chi connectivity index (χ3n) is 5.04. The molecule has 0 bridgehead atoms. The number of benzene rings is 2. The quantitative estimate of drug-likeness (QED) is 0.532. The van der Waals surface area contributed by atoms with Crippen molar-refractivity contribution in [2.24, 2.45) is 0 Å². The van der Waals surface area contributed by atoms with Gasteiger partial charge in [0, 0.05) is 17.6 Å². The molecule has 1 aliphatic rings. The molecule has 8 heteroatoms. The average Bonchev–Trinajstić information content (AvgIpc) is 3.11. The Kier molecular flexibility index (Phi) is 5.48. The van der Waals surface area contributed by atoms with Gasteiger partial charge >= 0.3 is 0 Å². The number of piperidine rings is 1. The third-order valence-corrected chi connectivity index (χ3v) is 8.57. The lowest BCUT2D eigenvalue weighted by atomic mass is 10.1. The molecule has 1 saturated heterocycles. The molecule has 0 unspecified atom stereocenters. The van der Waals surface area contributed by atoms with Gasteiger partial charge in [-0.15, -0.1) is 0 Å². The highest BCUT2D eigenvalue weighted by molar-refractivity contribution is 9.10. The Morgan fingerprint density at radius 2 is 1.71 bits per heavy atom. The Balaban J connectivity index is 1.44. The van der Waals surface area contributed by atoms with Crippen LogP contribution < -0.4 is 4.74 Å². The van der Waals surface area contributed by atoms with Gasteiger partial charge in [0.2, 0.25) is 10.0 Å². The van der Waals surface area contributed by atoms with Gasteiger partial charge in [0.05, 0.1) is 15.1 Å². The first-order valence-electron chi connectivity index (χ1n) is 9.14. The van der Waals surface area contributed by atoms with E-state index in [1.165, 1.54) is 5.56 Å². The van der Waals surface area contributed by atoms with Crippen LogP contribution in [-0.2, 0) is 10.0 Å². The van der Waals surface area contributed by atoms with Crippen molar-refractivity contribution in [3.05, 3.63) is 52.0 Å². The summed E-state index contributed by atoms with van der Waals surface area (Å²) in [6, 6.07) is 10.9. The molecular formula is C20H21BrN2O3S2. The topological polar surface area (TPSA) is 59.5 Å². The Morgan fingerprint density at radius 3 is 2.36 bits per heavy atom. The van der Waals surface area contributed by atoms with Crippen LogP contribution in [0.2, 0.25) is 0 Å². The van der Waals surface area contributed by atoms with Crippen molar-refractivity contribution in [2.75, 3.05) is 13.1 Å². The first kappa shape index (κ1) is 19.8. The second kappa shape index (κ2) is 7.74. The van der Waals surface area contributed by atoms with Gasteiger partial charge in [-0.2, -0.15) is 4.31 Å². The van der Waals surface area contributed by atoms with E-state index in [1.54, 1.807) is 39.9 Å². The van der Waals surface area contributed by atoms with Gasteiger partial charge in [-0.3, -0.25) is 0 Å². The number of hydrogen-bond donors (Lipinski definition) is 0. The summed E-state index contributed by atoms with van der Waals surface area (Å²) in [5.41, 5.74) is 3.33. The lowest BCUT2D eigenvalue weighted by molar-refractivity contribution is 0.135. The summed E-state index contributed by atoms with van der Waals surface area (Å²) in [5.74, 6) is 0. The molecule has 0 aliphatic carbocycles. The van der Waals surface area contributed by atoms with Crippen LogP contribution in [0.25, 0.3) is 10.2 Å². The Hall–Kier alpha value is -1.48. The zero-order chi connectivity index (χ0) is 19.9. The summed E-state index contributed by atoms with van der Waals surface area (Å²) in [4.78, 5) is 4.98. The maximum Gasteiger partial charge on any atom is 0.274 e. The maximum absolute atomic E-state index is 12.8. The van der Waals surface area contributed by atoms with Gasteiger partial charge < -0.3 is 4.74 Å². The summed E-state index contributed by atoms with van der Waals surface area (Å²) < 4.78 is 35.3. The smallest absolute Gasteiger partial charge is 0.274 e. The molecule has 1 aliphatic heterocycles. The number of aryl methyl sites for hydroxylation is 2. The van der Waals surface area contributed by atoms with Gasteiger partial charge in [-0.25, -0.2) is 13.4 Å². The second-order valence-corrected chi connectivity index (χ2v) is 10.8. The van der Waals surface area contributed by atoms with Crippen molar-refractivity contribution in [2.45, 2.75) is 37.7 Å². The second-order valence-electron chi connectivity index (χ2n) is 7.03. The summed E-state index contributed by atoms with van der Waals surface area (Å²) in [6.07, 6.45) is 1.30. The standard InChI is InChI=1S/C20H21BrN2O3S2/c1-13-3-4-14(2)19-18(13)22-20(27-19)26-16-9-11-23(12-10-16)28(24,25)17-7-5-15(21)6-8-17/h3-8,16H,9-12H2,1-2H3. The van der Waals surface area contributed by atoms with Crippen LogP contribution in [0.1, 0.15) is 24.0 Å². The molecule has 2 aromatic carbocycles. The molecule has 28 heavy (non-hydrogen) atoms. The molecule has 148 valence electrons. The van der Waals surface area contributed by atoms with Crippen LogP contribution in [0.4, 0.5) is 0 Å². The van der Waals surface area contributed by atoms with Crippen molar-refractivity contribution in [1.82, 2.24) is 9.29 Å². The van der Waals surface area contributed by atoms with Gasteiger partial charge in [0.15, 0.2) is 0 Å². The van der Waals surface area contributed by atoms with Gasteiger partial charge in [-0.1, -0.05) is 39.4 Å². The maximum atomic E-state index is 12.8. The van der Waals surface area contributed by atoms with Gasteiger partial charge in [-0.05, 0) is 62.1 Å². The van der Waals surface area contributed by atoms with Crippen molar-refractivity contribution in [3.63, 3.8) is 0 Å². The van der Waals surface area contributed by atoms with E-state index in [4.69, 9.17) is 4.74 Å². The molecule has 3 aromatic rings. The summed E-state index contributed by atoms with van der Waals surface area (Å²) in [7, 11) is -3.46. The van der Waals surface area contributed by atoms with Gasteiger partial charge in [0.1, 0.15) is 6.10 Å². The molecular weight excluding hydrogens is 460 g/mol. The number of aromatic nitrogens is 1. The van der Waals surface area contributed by atoms with E-state index < -0.39 is 10.0 Å². The molecule has 1 aromatic heterocycles. The zero-order valence-electron chi connectivity index (χ0n) is 15.7. The number of ether oxygens (including phenoxy) is 1. The molecule has 4 rings (SSSR count). The molecule has 0 amide bonds. The number of halogens is 1. The average molecular weight is 481 g/mol. The summed E-state index contributed by atoms with van der Waals surface area (Å²) in [6.45, 7) is 5.03. The summed E-state index contributed by atoms with van der Waals surface area (Å²) in [5, 5.41) is 0.668. The number of sulfonamides is 1. The Labute approximate surface area is 177 Å². The molecule has 0 atom stereocenters. The van der Waals surface area contributed by atoms with Gasteiger partial charge in [0.25, 0.3) is 5.19 Å². The van der Waals surface area contributed by atoms with E-state index in [2.05, 4.69) is 46.9 Å². The fourth-order valence-corrected chi connectivity index (χ4v) is 6.14. The van der Waals surface area contributed by atoms with E-state index in [0.717, 1.165) is 20.3 Å². The molecule has 0 saturated carbocycles. The first-order chi connectivity index (χ1) is 13.3. The van der Waals surface area contributed by atoms with E-state index in [1.807, 2.05) is 0 Å². The highest BCUT2D eigenvalue weighted by Gasteiger charge is 2.30. The Bertz CT molecular complexity index is 1060. The molecule has 2 heterocycles. The molecule has 0 N–H and O–H groups in total. The number of fused-ring (bicyclic) bond motifs is 1. The Morgan fingerprint density at radius 1 is 1.07 bits per heavy atom. The van der Waals surface area contributed by atoms with E-state index in [-0.39, 0.29) is 6.10 Å². The van der Waals surface area contributed by atoms with E-state index >= 15 is 0 Å². The zero-order valence-corrected chi connectivity index (χ0v) is 18.9. The fraction of sp³-hybridized carbons (Fsp3) is 0.350. The van der Waals surface area contributed by atoms with E-state index in [0.29, 0.717) is 36.0 Å². The van der Waals surface area contributed by atoms with Crippen LogP contribution >= 0.6 is 27.3 Å². The van der Waals surface area contributed by atoms with E-state index in [9.17, 15) is 8.42 Å². The molecule has 0 spiro atoms. The van der Waals surface area contributed by atoms with Crippen molar-refractivity contribution < 1.29 is 13.2 Å². The minimum absolute atomic E-state index is 0.0162. The normalized spacial score (nSPS) is 16.5. The predicted octanol–water partition coefficient (Wildman–Crippen LogP) is 4.91. The highest BCUT2D eigenvalue weighted by Crippen LogP contribution is 2.34. The lowest BCUT2D eigenvalue weighted by Gasteiger charge is -2.30. The first-order valence-corrected chi connectivity index (χ1v) is 12.2. The number of rotatable bonds is 4.